The van der Waals surface area contributed by atoms with Crippen molar-refractivity contribution in [3.05, 3.63) is 12.2 Å². The van der Waals surface area contributed by atoms with Gasteiger partial charge in [-0.05, 0) is 38.5 Å². The van der Waals surface area contributed by atoms with Crippen LogP contribution in [0.25, 0.3) is 0 Å². The van der Waals surface area contributed by atoms with Gasteiger partial charge in [0.15, 0.2) is 0 Å². The molecule has 0 aromatic carbocycles. The minimum absolute atomic E-state index is 0.436. The molecule has 2 heteroatoms. The molecule has 0 aromatic rings. The molecule has 0 aliphatic heterocycles. The van der Waals surface area contributed by atoms with Crippen LogP contribution in [0.15, 0.2) is 12.2 Å². The average Bonchev–Trinajstić information content (AvgIpc) is 2.84. The van der Waals surface area contributed by atoms with Gasteiger partial charge in [0, 0.05) is 0 Å². The van der Waals surface area contributed by atoms with Gasteiger partial charge in [-0.3, -0.25) is 0 Å². The number of hydrogen-bond acceptors (Lipinski definition) is 2. The molecule has 0 radical (unpaired) electrons. The average molecular weight is 224 g/mol. The smallest absolute Gasteiger partial charge is 0.0682 e. The summed E-state index contributed by atoms with van der Waals surface area (Å²) >= 11 is 0. The van der Waals surface area contributed by atoms with Crippen molar-refractivity contribution in [2.45, 2.75) is 75.4 Å². The number of aliphatic hydroxyl groups is 2. The third-order valence-electron chi connectivity index (χ3n) is 4.23. The van der Waals surface area contributed by atoms with Crippen molar-refractivity contribution in [3.8, 4) is 0 Å². The first-order valence-corrected chi connectivity index (χ1v) is 6.72. The third kappa shape index (κ3) is 3.08. The number of rotatable bonds is 4. The Morgan fingerprint density at radius 3 is 1.31 bits per heavy atom. The van der Waals surface area contributed by atoms with Gasteiger partial charge in [-0.2, -0.15) is 0 Å². The SMILES string of the molecule is OC1(C/C=C\CC2(O)CCCC2)CCCC1. The highest BCUT2D eigenvalue weighted by Crippen LogP contribution is 2.34. The molecular formula is C14H24O2. The fourth-order valence-corrected chi connectivity index (χ4v) is 3.08. The van der Waals surface area contributed by atoms with E-state index in [1.807, 2.05) is 0 Å². The summed E-state index contributed by atoms with van der Waals surface area (Å²) in [7, 11) is 0. The van der Waals surface area contributed by atoms with Gasteiger partial charge in [-0.25, -0.2) is 0 Å². The molecule has 0 saturated heterocycles. The standard InChI is InChI=1S/C14H24O2/c15-13(7-1-2-8-13)11-5-6-12-14(16)9-3-4-10-14/h5-6,15-16H,1-4,7-12H2/b6-5-. The van der Waals surface area contributed by atoms with Crippen molar-refractivity contribution >= 4 is 0 Å². The Hall–Kier alpha value is -0.340. The second-order valence-corrected chi connectivity index (χ2v) is 5.74. The van der Waals surface area contributed by atoms with Crippen molar-refractivity contribution in [1.29, 1.82) is 0 Å². The highest BCUT2D eigenvalue weighted by atomic mass is 16.3. The second-order valence-electron chi connectivity index (χ2n) is 5.74. The van der Waals surface area contributed by atoms with Crippen LogP contribution in [0.5, 0.6) is 0 Å². The molecule has 92 valence electrons. The Labute approximate surface area is 98.4 Å². The lowest BCUT2D eigenvalue weighted by atomic mass is 9.95. The van der Waals surface area contributed by atoms with Gasteiger partial charge < -0.3 is 10.2 Å². The van der Waals surface area contributed by atoms with E-state index < -0.39 is 11.2 Å². The van der Waals surface area contributed by atoms with Crippen LogP contribution in [-0.2, 0) is 0 Å². The van der Waals surface area contributed by atoms with Gasteiger partial charge >= 0.3 is 0 Å². The van der Waals surface area contributed by atoms with Crippen molar-refractivity contribution in [1.82, 2.24) is 0 Å². The Morgan fingerprint density at radius 1 is 0.688 bits per heavy atom. The third-order valence-corrected chi connectivity index (χ3v) is 4.23. The van der Waals surface area contributed by atoms with Crippen molar-refractivity contribution in [2.24, 2.45) is 0 Å². The molecule has 0 bridgehead atoms. The molecule has 0 atom stereocenters. The molecule has 2 fully saturated rings. The topological polar surface area (TPSA) is 40.5 Å². The van der Waals surface area contributed by atoms with Gasteiger partial charge in [-0.1, -0.05) is 37.8 Å². The maximum absolute atomic E-state index is 10.1. The van der Waals surface area contributed by atoms with E-state index in [-0.39, 0.29) is 0 Å². The summed E-state index contributed by atoms with van der Waals surface area (Å²) in [6.07, 6.45) is 14.1. The zero-order valence-electron chi connectivity index (χ0n) is 10.1. The molecule has 0 amide bonds. The summed E-state index contributed by atoms with van der Waals surface area (Å²) in [5.41, 5.74) is -0.871. The van der Waals surface area contributed by atoms with Crippen LogP contribution in [0.1, 0.15) is 64.2 Å². The monoisotopic (exact) mass is 224 g/mol. The first-order chi connectivity index (χ1) is 7.62. The van der Waals surface area contributed by atoms with Crippen LogP contribution < -0.4 is 0 Å². The highest BCUT2D eigenvalue weighted by molar-refractivity contribution is 4.98. The molecule has 2 aliphatic carbocycles. The van der Waals surface area contributed by atoms with Gasteiger partial charge in [-0.15, -0.1) is 0 Å². The lowest BCUT2D eigenvalue weighted by molar-refractivity contribution is 0.0465. The minimum atomic E-state index is -0.436. The van der Waals surface area contributed by atoms with Crippen LogP contribution in [-0.4, -0.2) is 21.4 Å². The van der Waals surface area contributed by atoms with Crippen LogP contribution in [0.4, 0.5) is 0 Å². The first-order valence-electron chi connectivity index (χ1n) is 6.72. The summed E-state index contributed by atoms with van der Waals surface area (Å²) in [6, 6.07) is 0. The van der Waals surface area contributed by atoms with Gasteiger partial charge in [0.1, 0.15) is 0 Å². The first kappa shape index (κ1) is 12.1. The molecule has 2 aliphatic rings. The normalized spacial score (nSPS) is 27.9. The Balaban J connectivity index is 1.73. The molecule has 0 spiro atoms. The number of hydrogen-bond donors (Lipinski definition) is 2. The fourth-order valence-electron chi connectivity index (χ4n) is 3.08. The van der Waals surface area contributed by atoms with E-state index in [2.05, 4.69) is 12.2 Å². The maximum Gasteiger partial charge on any atom is 0.0682 e. The Morgan fingerprint density at radius 2 is 1.00 bits per heavy atom. The largest absolute Gasteiger partial charge is 0.390 e. The van der Waals surface area contributed by atoms with E-state index >= 15 is 0 Å². The van der Waals surface area contributed by atoms with E-state index in [4.69, 9.17) is 0 Å². The summed E-state index contributed by atoms with van der Waals surface area (Å²) in [4.78, 5) is 0. The summed E-state index contributed by atoms with van der Waals surface area (Å²) < 4.78 is 0. The maximum atomic E-state index is 10.1. The molecular weight excluding hydrogens is 200 g/mol. The molecule has 0 heterocycles. The summed E-state index contributed by atoms with van der Waals surface area (Å²) in [5, 5.41) is 20.3. The predicted octanol–water partition coefficient (Wildman–Crippen LogP) is 2.93. The molecule has 2 rings (SSSR count). The summed E-state index contributed by atoms with van der Waals surface area (Å²) in [5.74, 6) is 0. The van der Waals surface area contributed by atoms with E-state index in [1.54, 1.807) is 0 Å². The zero-order valence-corrected chi connectivity index (χ0v) is 10.1. The Bertz CT molecular complexity index is 219. The predicted molar refractivity (Wildman–Crippen MR) is 65.2 cm³/mol. The van der Waals surface area contributed by atoms with Gasteiger partial charge in [0.05, 0.1) is 11.2 Å². The second kappa shape index (κ2) is 4.89. The van der Waals surface area contributed by atoms with Gasteiger partial charge in [0.25, 0.3) is 0 Å². The van der Waals surface area contributed by atoms with Crippen molar-refractivity contribution in [2.75, 3.05) is 0 Å². The minimum Gasteiger partial charge on any atom is -0.390 e. The van der Waals surface area contributed by atoms with Crippen molar-refractivity contribution < 1.29 is 10.2 Å². The lowest BCUT2D eigenvalue weighted by Gasteiger charge is -2.21. The van der Waals surface area contributed by atoms with Crippen LogP contribution in [0.2, 0.25) is 0 Å². The Kier molecular flexibility index (Phi) is 3.70. The zero-order chi connectivity index (χ0) is 11.5. The lowest BCUT2D eigenvalue weighted by Crippen LogP contribution is -2.24. The molecule has 0 unspecified atom stereocenters. The quantitative estimate of drug-likeness (QED) is 0.721. The molecule has 2 N–H and O–H groups in total. The van der Waals surface area contributed by atoms with E-state index in [0.29, 0.717) is 0 Å². The molecule has 16 heavy (non-hydrogen) atoms. The highest BCUT2D eigenvalue weighted by Gasteiger charge is 2.31. The molecule has 0 aromatic heterocycles. The molecule has 2 saturated carbocycles. The van der Waals surface area contributed by atoms with E-state index in [0.717, 1.165) is 64.2 Å². The van der Waals surface area contributed by atoms with Gasteiger partial charge in [0.2, 0.25) is 0 Å². The van der Waals surface area contributed by atoms with Crippen LogP contribution >= 0.6 is 0 Å². The van der Waals surface area contributed by atoms with Crippen LogP contribution in [0.3, 0.4) is 0 Å². The van der Waals surface area contributed by atoms with E-state index in [1.165, 1.54) is 0 Å². The van der Waals surface area contributed by atoms with Crippen molar-refractivity contribution in [3.63, 3.8) is 0 Å². The van der Waals surface area contributed by atoms with Crippen LogP contribution in [0, 0.1) is 0 Å². The molecule has 2 nitrogen and oxygen atoms in total. The summed E-state index contributed by atoms with van der Waals surface area (Å²) in [6.45, 7) is 0. The van der Waals surface area contributed by atoms with E-state index in [9.17, 15) is 10.2 Å². The fraction of sp³-hybridized carbons (Fsp3) is 0.857.